The van der Waals surface area contributed by atoms with E-state index in [1.165, 1.54) is 5.56 Å². The minimum absolute atomic E-state index is 0.513. The van der Waals surface area contributed by atoms with Crippen molar-refractivity contribution in [3.05, 3.63) is 200 Å². The van der Waals surface area contributed by atoms with E-state index in [-0.39, 0.29) is 0 Å². The summed E-state index contributed by atoms with van der Waals surface area (Å²) in [6.45, 7) is 0. The zero-order valence-electron chi connectivity index (χ0n) is 34.1. The van der Waals surface area contributed by atoms with E-state index in [9.17, 15) is 0 Å². The van der Waals surface area contributed by atoms with Crippen molar-refractivity contribution >= 4 is 87.5 Å². The molecule has 0 saturated heterocycles. The summed E-state index contributed by atoms with van der Waals surface area (Å²) < 4.78 is 17.9. The van der Waals surface area contributed by atoms with Crippen molar-refractivity contribution in [1.82, 2.24) is 24.1 Å². The summed E-state index contributed by atoms with van der Waals surface area (Å²) in [5.41, 5.74) is 12.3. The molecule has 14 aromatic rings. The Hall–Kier alpha value is -8.81. The van der Waals surface area contributed by atoms with Crippen LogP contribution in [0.3, 0.4) is 0 Å². The molecule has 0 aliphatic rings. The molecule has 0 aliphatic heterocycles. The fraction of sp³-hybridized carbons (Fsp3) is 0. The maximum absolute atomic E-state index is 6.90. The van der Waals surface area contributed by atoms with Crippen LogP contribution >= 0.6 is 0 Å². The number of furan rings is 2. The highest BCUT2D eigenvalue weighted by molar-refractivity contribution is 6.24. The third-order valence-electron chi connectivity index (χ3n) is 12.8. The van der Waals surface area contributed by atoms with Crippen LogP contribution in [0.1, 0.15) is 0 Å². The molecule has 0 saturated carbocycles. The zero-order chi connectivity index (χ0) is 41.9. The first-order chi connectivity index (χ1) is 31.7. The monoisotopic (exact) mass is 819 g/mol. The summed E-state index contributed by atoms with van der Waals surface area (Å²) in [6, 6.07) is 69.5. The first kappa shape index (κ1) is 34.9. The zero-order valence-corrected chi connectivity index (χ0v) is 34.1. The molecule has 9 aromatic carbocycles. The lowest BCUT2D eigenvalue weighted by Crippen LogP contribution is -2.07. The van der Waals surface area contributed by atoms with Crippen molar-refractivity contribution in [3.63, 3.8) is 0 Å². The highest BCUT2D eigenvalue weighted by Crippen LogP contribution is 2.44. The Morgan fingerprint density at radius 3 is 1.72 bits per heavy atom. The molecule has 0 unspecified atom stereocenters. The van der Waals surface area contributed by atoms with Gasteiger partial charge in [0.2, 0.25) is 5.95 Å². The summed E-state index contributed by atoms with van der Waals surface area (Å²) in [5.74, 6) is 1.65. The fourth-order valence-electron chi connectivity index (χ4n) is 9.99. The molecule has 0 N–H and O–H groups in total. The number of nitrogens with zero attached hydrogens (tertiary/aromatic N) is 5. The van der Waals surface area contributed by atoms with Gasteiger partial charge in [0, 0.05) is 54.2 Å². The van der Waals surface area contributed by atoms with Gasteiger partial charge in [-0.3, -0.25) is 4.57 Å². The molecule has 0 amide bonds. The van der Waals surface area contributed by atoms with Crippen molar-refractivity contribution < 1.29 is 8.83 Å². The summed E-state index contributed by atoms with van der Waals surface area (Å²) in [5, 5.41) is 8.53. The summed E-state index contributed by atoms with van der Waals surface area (Å²) >= 11 is 0. The maximum atomic E-state index is 6.90. The number of hydrogen-bond donors (Lipinski definition) is 0. The SMILES string of the molecule is c1ccc(-c2ccc3oc4c(-n5c6ccccc6c6ccc7c8ccccc8n(-c8nc(-c9ccccc9)nc(-c9cccc%10oc%11ccccc%11c9%10)n8)c7c65)cccc4c3c2)cc1. The molecule has 7 nitrogen and oxygen atoms in total. The number of para-hydroxylation sites is 4. The van der Waals surface area contributed by atoms with E-state index in [2.05, 4.69) is 161 Å². The quantitative estimate of drug-likeness (QED) is 0.173. The van der Waals surface area contributed by atoms with Gasteiger partial charge < -0.3 is 13.4 Å². The molecule has 298 valence electrons. The topological polar surface area (TPSA) is 74.8 Å². The Labute approximate surface area is 364 Å². The van der Waals surface area contributed by atoms with Gasteiger partial charge in [-0.05, 0) is 53.6 Å². The molecule has 14 rings (SSSR count). The predicted octanol–water partition coefficient (Wildman–Crippen LogP) is 14.9. The lowest BCUT2D eigenvalue weighted by atomic mass is 10.0. The molecule has 5 heterocycles. The van der Waals surface area contributed by atoms with E-state index >= 15 is 0 Å². The average molecular weight is 820 g/mol. The van der Waals surface area contributed by atoms with Crippen molar-refractivity contribution in [2.75, 3.05) is 0 Å². The molecular formula is C57H33N5O2. The Balaban J connectivity index is 1.11. The van der Waals surface area contributed by atoms with Gasteiger partial charge >= 0.3 is 0 Å². The van der Waals surface area contributed by atoms with Crippen LogP contribution in [-0.2, 0) is 0 Å². The predicted molar refractivity (Wildman–Crippen MR) is 259 cm³/mol. The van der Waals surface area contributed by atoms with E-state index in [0.717, 1.165) is 110 Å². The number of rotatable bonds is 5. The van der Waals surface area contributed by atoms with Gasteiger partial charge in [-0.2, -0.15) is 9.97 Å². The Morgan fingerprint density at radius 1 is 0.344 bits per heavy atom. The normalized spacial score (nSPS) is 12.1. The lowest BCUT2D eigenvalue weighted by Gasteiger charge is -2.13. The molecular weight excluding hydrogens is 787 g/mol. The van der Waals surface area contributed by atoms with Crippen LogP contribution in [-0.4, -0.2) is 24.1 Å². The molecule has 7 heteroatoms. The highest BCUT2D eigenvalue weighted by Gasteiger charge is 2.26. The molecule has 0 fully saturated rings. The van der Waals surface area contributed by atoms with Crippen LogP contribution in [0.15, 0.2) is 209 Å². The van der Waals surface area contributed by atoms with Crippen LogP contribution < -0.4 is 0 Å². The van der Waals surface area contributed by atoms with Gasteiger partial charge in [0.15, 0.2) is 17.2 Å². The molecule has 0 spiro atoms. The van der Waals surface area contributed by atoms with Crippen LogP contribution in [0.2, 0.25) is 0 Å². The first-order valence-electron chi connectivity index (χ1n) is 21.4. The second kappa shape index (κ2) is 13.3. The average Bonchev–Trinajstić information content (AvgIpc) is 4.12. The molecule has 0 aliphatic carbocycles. The van der Waals surface area contributed by atoms with E-state index < -0.39 is 0 Å². The molecule has 0 radical (unpaired) electrons. The fourth-order valence-corrected chi connectivity index (χ4v) is 9.99. The van der Waals surface area contributed by atoms with Crippen LogP contribution in [0.4, 0.5) is 0 Å². The summed E-state index contributed by atoms with van der Waals surface area (Å²) in [6.07, 6.45) is 0. The second-order valence-corrected chi connectivity index (χ2v) is 16.3. The number of hydrogen-bond acceptors (Lipinski definition) is 5. The van der Waals surface area contributed by atoms with Gasteiger partial charge in [0.25, 0.3) is 0 Å². The highest BCUT2D eigenvalue weighted by atomic mass is 16.3. The van der Waals surface area contributed by atoms with E-state index in [0.29, 0.717) is 17.6 Å². The minimum atomic E-state index is 0.513. The standard InChI is InChI=1S/C57H33N5O2/c1-3-15-34(16-4-1)36-29-32-49-44(33-36)41-22-13-26-47(54(41)64-49)61-45-24-10-7-19-37(45)39-30-31-40-38-20-8-11-25-46(38)62(53(40)52(39)61)57-59-55(35-17-5-2-6-18-35)58-56(60-57)43-23-14-28-50-51(43)42-21-9-12-27-48(42)63-50/h1-33H. The van der Waals surface area contributed by atoms with Crippen molar-refractivity contribution in [2.24, 2.45) is 0 Å². The minimum Gasteiger partial charge on any atom is -0.456 e. The van der Waals surface area contributed by atoms with Crippen LogP contribution in [0, 0.1) is 0 Å². The smallest absolute Gasteiger partial charge is 0.238 e. The van der Waals surface area contributed by atoms with Gasteiger partial charge in [-0.15, -0.1) is 0 Å². The number of benzene rings is 9. The molecule has 5 aromatic heterocycles. The third-order valence-corrected chi connectivity index (χ3v) is 12.8. The Kier molecular flexibility index (Phi) is 7.27. The van der Waals surface area contributed by atoms with Crippen molar-refractivity contribution in [1.29, 1.82) is 0 Å². The van der Waals surface area contributed by atoms with Gasteiger partial charge in [0.1, 0.15) is 16.7 Å². The van der Waals surface area contributed by atoms with Crippen LogP contribution in [0.25, 0.3) is 133 Å². The van der Waals surface area contributed by atoms with E-state index in [1.54, 1.807) is 0 Å². The molecule has 64 heavy (non-hydrogen) atoms. The van der Waals surface area contributed by atoms with Gasteiger partial charge in [-0.1, -0.05) is 158 Å². The Morgan fingerprint density at radius 2 is 0.938 bits per heavy atom. The summed E-state index contributed by atoms with van der Waals surface area (Å²) in [7, 11) is 0. The van der Waals surface area contributed by atoms with Gasteiger partial charge in [-0.25, -0.2) is 4.98 Å². The molecule has 0 atom stereocenters. The first-order valence-corrected chi connectivity index (χ1v) is 21.4. The van der Waals surface area contributed by atoms with Crippen molar-refractivity contribution in [3.8, 4) is 45.5 Å². The summed E-state index contributed by atoms with van der Waals surface area (Å²) in [4.78, 5) is 16.0. The van der Waals surface area contributed by atoms with Crippen LogP contribution in [0.5, 0.6) is 0 Å². The maximum Gasteiger partial charge on any atom is 0.238 e. The largest absolute Gasteiger partial charge is 0.456 e. The molecule has 0 bridgehead atoms. The van der Waals surface area contributed by atoms with E-state index in [4.69, 9.17) is 23.8 Å². The van der Waals surface area contributed by atoms with Gasteiger partial charge in [0.05, 0.1) is 27.8 Å². The lowest BCUT2D eigenvalue weighted by molar-refractivity contribution is 0.666. The third kappa shape index (κ3) is 5.00. The van der Waals surface area contributed by atoms with Crippen molar-refractivity contribution in [2.45, 2.75) is 0 Å². The number of aromatic nitrogens is 5. The Bertz CT molecular complexity index is 4200. The second-order valence-electron chi connectivity index (χ2n) is 16.3. The number of fused-ring (bicyclic) bond motifs is 13. The van der Waals surface area contributed by atoms with E-state index in [1.807, 2.05) is 48.5 Å².